The first-order chi connectivity index (χ1) is 8.90. The maximum absolute atomic E-state index is 11.6. The fourth-order valence-electron chi connectivity index (χ4n) is 1.58. The van der Waals surface area contributed by atoms with E-state index in [9.17, 15) is 14.7 Å². The molecule has 3 atom stereocenters. The Kier molecular flexibility index (Phi) is 5.78. The van der Waals surface area contributed by atoms with Crippen molar-refractivity contribution in [2.45, 2.75) is 38.5 Å². The topological polar surface area (TPSA) is 98.7 Å². The van der Waals surface area contributed by atoms with Crippen LogP contribution in [0.25, 0.3) is 0 Å². The zero-order valence-corrected chi connectivity index (χ0v) is 11.6. The number of carbonyl (C=O) groups excluding carboxylic acids is 1. The summed E-state index contributed by atoms with van der Waals surface area (Å²) >= 11 is 1.60. The van der Waals surface area contributed by atoms with Crippen molar-refractivity contribution in [3.8, 4) is 0 Å². The predicted molar refractivity (Wildman–Crippen MR) is 72.3 cm³/mol. The Hall–Kier alpha value is -1.60. The van der Waals surface area contributed by atoms with Gasteiger partial charge < -0.3 is 20.8 Å². The van der Waals surface area contributed by atoms with Crippen molar-refractivity contribution in [2.24, 2.45) is 0 Å². The number of hydrogen-bond acceptors (Lipinski definition) is 4. The van der Waals surface area contributed by atoms with Crippen LogP contribution in [-0.4, -0.2) is 40.4 Å². The van der Waals surface area contributed by atoms with Gasteiger partial charge in [-0.2, -0.15) is 0 Å². The third-order valence-corrected chi connectivity index (χ3v) is 3.40. The van der Waals surface area contributed by atoms with Gasteiger partial charge in [-0.25, -0.2) is 9.59 Å². The van der Waals surface area contributed by atoms with Gasteiger partial charge in [-0.05, 0) is 25.3 Å². The van der Waals surface area contributed by atoms with Crippen LogP contribution in [0.4, 0.5) is 4.79 Å². The average molecular weight is 286 g/mol. The lowest BCUT2D eigenvalue weighted by Crippen LogP contribution is -2.52. The second-order valence-corrected chi connectivity index (χ2v) is 5.39. The number of nitrogens with one attached hydrogen (secondary N) is 2. The zero-order valence-electron chi connectivity index (χ0n) is 10.8. The van der Waals surface area contributed by atoms with Gasteiger partial charge >= 0.3 is 12.0 Å². The Labute approximate surface area is 115 Å². The van der Waals surface area contributed by atoms with Crippen LogP contribution in [0.3, 0.4) is 0 Å². The third-order valence-electron chi connectivity index (χ3n) is 2.50. The lowest BCUT2D eigenvalue weighted by atomic mass is 10.2. The van der Waals surface area contributed by atoms with E-state index in [2.05, 4.69) is 10.6 Å². The second kappa shape index (κ2) is 7.10. The summed E-state index contributed by atoms with van der Waals surface area (Å²) in [5.74, 6) is -1.27. The molecule has 1 aromatic heterocycles. The number of amides is 2. The molecule has 4 N–H and O–H groups in total. The molecule has 0 radical (unpaired) electrons. The van der Waals surface area contributed by atoms with E-state index in [0.29, 0.717) is 6.42 Å². The minimum atomic E-state index is -1.31. The smallest absolute Gasteiger partial charge is 0.328 e. The molecule has 0 aliphatic heterocycles. The van der Waals surface area contributed by atoms with Gasteiger partial charge in [-0.15, -0.1) is 11.3 Å². The number of carbonyl (C=O) groups is 2. The van der Waals surface area contributed by atoms with Crippen LogP contribution in [0, 0.1) is 0 Å². The molecule has 0 aliphatic carbocycles. The van der Waals surface area contributed by atoms with Crippen molar-refractivity contribution >= 4 is 23.3 Å². The van der Waals surface area contributed by atoms with Crippen LogP contribution >= 0.6 is 11.3 Å². The van der Waals surface area contributed by atoms with Crippen molar-refractivity contribution in [3.05, 3.63) is 22.4 Å². The number of urea groups is 1. The number of aliphatic carboxylic acids is 1. The number of carboxylic acid groups (broad SMARTS) is 1. The van der Waals surface area contributed by atoms with Crippen molar-refractivity contribution < 1.29 is 19.8 Å². The van der Waals surface area contributed by atoms with Gasteiger partial charge in [0.2, 0.25) is 0 Å². The van der Waals surface area contributed by atoms with Crippen LogP contribution in [0.1, 0.15) is 18.7 Å². The lowest BCUT2D eigenvalue weighted by molar-refractivity contribution is -0.141. The van der Waals surface area contributed by atoms with Crippen molar-refractivity contribution in [1.29, 1.82) is 0 Å². The summed E-state index contributed by atoms with van der Waals surface area (Å²) in [7, 11) is 0. The Morgan fingerprint density at radius 3 is 2.53 bits per heavy atom. The fourth-order valence-corrected chi connectivity index (χ4v) is 2.41. The molecule has 7 heteroatoms. The number of carboxylic acids is 1. The van der Waals surface area contributed by atoms with Crippen LogP contribution in [0.5, 0.6) is 0 Å². The van der Waals surface area contributed by atoms with E-state index in [0.717, 1.165) is 4.88 Å². The maximum Gasteiger partial charge on any atom is 0.328 e. The highest BCUT2D eigenvalue weighted by Crippen LogP contribution is 2.10. The summed E-state index contributed by atoms with van der Waals surface area (Å²) in [6, 6.07) is 1.87. The standard InChI is InChI=1S/C12H18N2O4S/c1-7(6-9-4-3-5-19-9)13-12(18)14-10(8(2)15)11(16)17/h3-5,7-8,10,15H,6H2,1-2H3,(H,16,17)(H2,13,14,18). The average Bonchev–Trinajstić information content (AvgIpc) is 2.77. The quantitative estimate of drug-likeness (QED) is 0.622. The van der Waals surface area contributed by atoms with Crippen molar-refractivity contribution in [3.63, 3.8) is 0 Å². The first kappa shape index (κ1) is 15.5. The number of aliphatic hydroxyl groups is 1. The number of hydrogen-bond donors (Lipinski definition) is 4. The maximum atomic E-state index is 11.6. The van der Waals surface area contributed by atoms with Crippen LogP contribution in [0.15, 0.2) is 17.5 Å². The molecule has 1 rings (SSSR count). The van der Waals surface area contributed by atoms with Gasteiger partial charge in [0.05, 0.1) is 6.10 Å². The first-order valence-electron chi connectivity index (χ1n) is 5.90. The Balaban J connectivity index is 2.43. The van der Waals surface area contributed by atoms with Gasteiger partial charge in [0, 0.05) is 17.3 Å². The van der Waals surface area contributed by atoms with Crippen molar-refractivity contribution in [2.75, 3.05) is 0 Å². The van der Waals surface area contributed by atoms with E-state index in [-0.39, 0.29) is 6.04 Å². The molecule has 6 nitrogen and oxygen atoms in total. The van der Waals surface area contributed by atoms with E-state index in [4.69, 9.17) is 5.11 Å². The van der Waals surface area contributed by atoms with Gasteiger partial charge in [-0.1, -0.05) is 6.07 Å². The molecule has 0 saturated heterocycles. The largest absolute Gasteiger partial charge is 0.480 e. The summed E-state index contributed by atoms with van der Waals surface area (Å²) in [5, 5.41) is 24.9. The van der Waals surface area contributed by atoms with E-state index >= 15 is 0 Å². The second-order valence-electron chi connectivity index (χ2n) is 4.36. The zero-order chi connectivity index (χ0) is 14.4. The number of thiophene rings is 1. The van der Waals surface area contributed by atoms with Gasteiger partial charge in [0.15, 0.2) is 6.04 Å². The van der Waals surface area contributed by atoms with Crippen LogP contribution in [0.2, 0.25) is 0 Å². The summed E-state index contributed by atoms with van der Waals surface area (Å²) in [6.45, 7) is 3.14. The minimum absolute atomic E-state index is 0.123. The molecule has 2 amide bonds. The molecule has 0 aliphatic rings. The van der Waals surface area contributed by atoms with Crippen LogP contribution in [-0.2, 0) is 11.2 Å². The molecule has 106 valence electrons. The van der Waals surface area contributed by atoms with Gasteiger partial charge in [-0.3, -0.25) is 0 Å². The lowest BCUT2D eigenvalue weighted by Gasteiger charge is -2.19. The molecule has 1 heterocycles. The predicted octanol–water partition coefficient (Wildman–Crippen LogP) is 0.812. The molecular formula is C12H18N2O4S. The molecule has 0 fully saturated rings. The van der Waals surface area contributed by atoms with Crippen molar-refractivity contribution in [1.82, 2.24) is 10.6 Å². The monoisotopic (exact) mass is 286 g/mol. The summed E-state index contributed by atoms with van der Waals surface area (Å²) in [4.78, 5) is 23.6. The Morgan fingerprint density at radius 2 is 2.05 bits per heavy atom. The van der Waals surface area contributed by atoms with Gasteiger partial charge in [0.25, 0.3) is 0 Å². The minimum Gasteiger partial charge on any atom is -0.480 e. The molecule has 19 heavy (non-hydrogen) atoms. The highest BCUT2D eigenvalue weighted by Gasteiger charge is 2.25. The van der Waals surface area contributed by atoms with E-state index < -0.39 is 24.1 Å². The SMILES string of the molecule is CC(Cc1cccs1)NC(=O)NC(C(=O)O)C(C)O. The first-order valence-corrected chi connectivity index (χ1v) is 6.78. The highest BCUT2D eigenvalue weighted by molar-refractivity contribution is 7.09. The van der Waals surface area contributed by atoms with Crippen LogP contribution < -0.4 is 10.6 Å². The Morgan fingerprint density at radius 1 is 1.37 bits per heavy atom. The molecule has 0 saturated carbocycles. The molecule has 0 bridgehead atoms. The normalized spacial score (nSPS) is 15.3. The number of rotatable bonds is 6. The summed E-state index contributed by atoms with van der Waals surface area (Å²) in [5.41, 5.74) is 0. The molecular weight excluding hydrogens is 268 g/mol. The third kappa shape index (κ3) is 5.27. The molecule has 3 unspecified atom stereocenters. The summed E-state index contributed by atoms with van der Waals surface area (Å²) in [6.07, 6.45) is -0.479. The molecule has 0 spiro atoms. The number of aliphatic hydroxyl groups excluding tert-OH is 1. The molecule has 1 aromatic rings. The van der Waals surface area contributed by atoms with E-state index in [1.165, 1.54) is 6.92 Å². The highest BCUT2D eigenvalue weighted by atomic mass is 32.1. The summed E-state index contributed by atoms with van der Waals surface area (Å²) < 4.78 is 0. The molecule has 0 aromatic carbocycles. The van der Waals surface area contributed by atoms with Gasteiger partial charge in [0.1, 0.15) is 0 Å². The Bertz CT molecular complexity index is 419. The van der Waals surface area contributed by atoms with E-state index in [1.54, 1.807) is 11.3 Å². The van der Waals surface area contributed by atoms with E-state index in [1.807, 2.05) is 24.4 Å². The fraction of sp³-hybridized carbons (Fsp3) is 0.500.